The number of aromatic nitrogens is 1. The lowest BCUT2D eigenvalue weighted by molar-refractivity contribution is -0.124. The average Bonchev–Trinajstić information content (AvgIpc) is 3.02. The van der Waals surface area contributed by atoms with Crippen molar-refractivity contribution in [3.8, 4) is 0 Å². The molecule has 0 aromatic carbocycles. The van der Waals surface area contributed by atoms with E-state index in [2.05, 4.69) is 15.6 Å². The van der Waals surface area contributed by atoms with Crippen LogP contribution < -0.4 is 10.6 Å². The molecule has 2 fully saturated rings. The molecule has 104 valence electrons. The van der Waals surface area contributed by atoms with Crippen LogP contribution in [0.5, 0.6) is 0 Å². The quantitative estimate of drug-likeness (QED) is 0.868. The zero-order chi connectivity index (χ0) is 13.4. The highest BCUT2D eigenvalue weighted by atomic mass is 16.4. The molecule has 0 spiro atoms. The van der Waals surface area contributed by atoms with Crippen molar-refractivity contribution in [1.29, 1.82) is 0 Å². The van der Waals surface area contributed by atoms with Crippen molar-refractivity contribution in [3.63, 3.8) is 0 Å². The molecule has 4 atom stereocenters. The molecule has 1 saturated heterocycles. The maximum Gasteiger partial charge on any atom is 0.238 e. The normalized spacial score (nSPS) is 31.2. The summed E-state index contributed by atoms with van der Waals surface area (Å²) in [7, 11) is 0. The van der Waals surface area contributed by atoms with Crippen LogP contribution in [-0.4, -0.2) is 23.5 Å². The molecule has 3 rings (SSSR count). The second kappa shape index (κ2) is 4.96. The van der Waals surface area contributed by atoms with Crippen LogP contribution in [0.3, 0.4) is 0 Å². The molecule has 2 heterocycles. The Hall–Kier alpha value is -1.36. The van der Waals surface area contributed by atoms with Gasteiger partial charge in [0.1, 0.15) is 11.8 Å². The summed E-state index contributed by atoms with van der Waals surface area (Å²) in [6.07, 6.45) is 5.37. The van der Waals surface area contributed by atoms with Crippen LogP contribution in [0.2, 0.25) is 0 Å². The summed E-state index contributed by atoms with van der Waals surface area (Å²) in [6, 6.07) is -0.213. The number of aryl methyl sites for hydroxylation is 1. The van der Waals surface area contributed by atoms with Gasteiger partial charge in [-0.1, -0.05) is 6.42 Å². The SMILES string of the molecule is Cc1cnc(C(C)NC(=O)C2NCC3CCCC32)o1. The largest absolute Gasteiger partial charge is 0.444 e. The topological polar surface area (TPSA) is 67.2 Å². The molecule has 0 radical (unpaired) electrons. The lowest BCUT2D eigenvalue weighted by Crippen LogP contribution is -2.44. The molecule has 1 aromatic heterocycles. The van der Waals surface area contributed by atoms with Crippen LogP contribution in [0.15, 0.2) is 10.6 Å². The summed E-state index contributed by atoms with van der Waals surface area (Å²) in [5.41, 5.74) is 0. The number of amides is 1. The fraction of sp³-hybridized carbons (Fsp3) is 0.714. The van der Waals surface area contributed by atoms with Gasteiger partial charge in [-0.2, -0.15) is 0 Å². The number of nitrogens with one attached hydrogen (secondary N) is 2. The van der Waals surface area contributed by atoms with Crippen molar-refractivity contribution in [1.82, 2.24) is 15.6 Å². The lowest BCUT2D eigenvalue weighted by atomic mass is 9.93. The van der Waals surface area contributed by atoms with Gasteiger partial charge < -0.3 is 15.1 Å². The minimum absolute atomic E-state index is 0.0361. The molecule has 5 nitrogen and oxygen atoms in total. The third kappa shape index (κ3) is 2.39. The number of nitrogens with zero attached hydrogens (tertiary/aromatic N) is 1. The minimum Gasteiger partial charge on any atom is -0.444 e. The number of carbonyl (C=O) groups excluding carboxylic acids is 1. The predicted octanol–water partition coefficient (Wildman–Crippen LogP) is 1.55. The molecule has 1 aliphatic heterocycles. The van der Waals surface area contributed by atoms with Crippen LogP contribution >= 0.6 is 0 Å². The summed E-state index contributed by atoms with van der Waals surface area (Å²) in [5.74, 6) is 2.63. The molecule has 4 unspecified atom stereocenters. The van der Waals surface area contributed by atoms with E-state index in [9.17, 15) is 4.79 Å². The first-order valence-corrected chi connectivity index (χ1v) is 7.11. The van der Waals surface area contributed by atoms with E-state index < -0.39 is 0 Å². The third-order valence-corrected chi connectivity index (χ3v) is 4.40. The van der Waals surface area contributed by atoms with E-state index in [1.807, 2.05) is 13.8 Å². The molecule has 1 amide bonds. The number of carbonyl (C=O) groups is 1. The maximum atomic E-state index is 12.3. The first kappa shape index (κ1) is 12.7. The molecule has 1 aromatic rings. The Morgan fingerprint density at radius 2 is 2.42 bits per heavy atom. The lowest BCUT2D eigenvalue weighted by Gasteiger charge is -2.19. The molecule has 19 heavy (non-hydrogen) atoms. The van der Waals surface area contributed by atoms with E-state index in [1.54, 1.807) is 6.20 Å². The number of hydrogen-bond acceptors (Lipinski definition) is 4. The smallest absolute Gasteiger partial charge is 0.238 e. The first-order chi connectivity index (χ1) is 9.15. The van der Waals surface area contributed by atoms with Crippen molar-refractivity contribution in [2.45, 2.75) is 45.2 Å². The summed E-state index contributed by atoms with van der Waals surface area (Å²) in [4.78, 5) is 16.5. The first-order valence-electron chi connectivity index (χ1n) is 7.11. The van der Waals surface area contributed by atoms with Crippen molar-refractivity contribution in [3.05, 3.63) is 17.8 Å². The van der Waals surface area contributed by atoms with E-state index in [1.165, 1.54) is 19.3 Å². The van der Waals surface area contributed by atoms with E-state index in [-0.39, 0.29) is 18.0 Å². The standard InChI is InChI=1S/C14H21N3O2/c1-8-6-16-14(19-8)9(2)17-13(18)12-11-5-3-4-10(11)7-15-12/h6,9-12,15H,3-5,7H2,1-2H3,(H,17,18). The van der Waals surface area contributed by atoms with E-state index in [4.69, 9.17) is 4.42 Å². The van der Waals surface area contributed by atoms with Crippen LogP contribution in [0.25, 0.3) is 0 Å². The fourth-order valence-electron chi connectivity index (χ4n) is 3.41. The van der Waals surface area contributed by atoms with E-state index >= 15 is 0 Å². The highest BCUT2D eigenvalue weighted by Crippen LogP contribution is 2.37. The Morgan fingerprint density at radius 3 is 3.16 bits per heavy atom. The second-order valence-corrected chi connectivity index (χ2v) is 5.78. The van der Waals surface area contributed by atoms with Gasteiger partial charge in [-0.3, -0.25) is 4.79 Å². The number of oxazole rings is 1. The van der Waals surface area contributed by atoms with E-state index in [0.29, 0.717) is 17.7 Å². The number of fused-ring (bicyclic) bond motifs is 1. The summed E-state index contributed by atoms with van der Waals surface area (Å²) in [5, 5.41) is 6.36. The van der Waals surface area contributed by atoms with E-state index in [0.717, 1.165) is 12.3 Å². The second-order valence-electron chi connectivity index (χ2n) is 5.78. The molecule has 5 heteroatoms. The summed E-state index contributed by atoms with van der Waals surface area (Å²) < 4.78 is 5.45. The fourth-order valence-corrected chi connectivity index (χ4v) is 3.41. The van der Waals surface area contributed by atoms with Gasteiger partial charge in [0, 0.05) is 0 Å². The predicted molar refractivity (Wildman–Crippen MR) is 70.4 cm³/mol. The molecule has 1 aliphatic carbocycles. The van der Waals surface area contributed by atoms with Gasteiger partial charge >= 0.3 is 0 Å². The summed E-state index contributed by atoms with van der Waals surface area (Å²) in [6.45, 7) is 4.74. The maximum absolute atomic E-state index is 12.3. The van der Waals surface area contributed by atoms with Crippen molar-refractivity contribution < 1.29 is 9.21 Å². The monoisotopic (exact) mass is 263 g/mol. The van der Waals surface area contributed by atoms with Crippen LogP contribution in [-0.2, 0) is 4.79 Å². The Kier molecular flexibility index (Phi) is 3.31. The van der Waals surface area contributed by atoms with Gasteiger partial charge in [0.25, 0.3) is 0 Å². The average molecular weight is 263 g/mol. The number of hydrogen-bond donors (Lipinski definition) is 2. The summed E-state index contributed by atoms with van der Waals surface area (Å²) >= 11 is 0. The van der Waals surface area contributed by atoms with Gasteiger partial charge in [-0.15, -0.1) is 0 Å². The van der Waals surface area contributed by atoms with Crippen molar-refractivity contribution in [2.24, 2.45) is 11.8 Å². The van der Waals surface area contributed by atoms with Gasteiger partial charge in [-0.05, 0) is 45.1 Å². The van der Waals surface area contributed by atoms with Gasteiger partial charge in [0.2, 0.25) is 11.8 Å². The Labute approximate surface area is 113 Å². The van der Waals surface area contributed by atoms with Gasteiger partial charge in [0.05, 0.1) is 12.2 Å². The van der Waals surface area contributed by atoms with Crippen LogP contribution in [0.4, 0.5) is 0 Å². The third-order valence-electron chi connectivity index (χ3n) is 4.40. The Bertz CT molecular complexity index is 471. The minimum atomic E-state index is -0.177. The highest BCUT2D eigenvalue weighted by Gasteiger charge is 2.42. The highest BCUT2D eigenvalue weighted by molar-refractivity contribution is 5.82. The van der Waals surface area contributed by atoms with Gasteiger partial charge in [-0.25, -0.2) is 4.98 Å². The van der Waals surface area contributed by atoms with Crippen molar-refractivity contribution >= 4 is 5.91 Å². The number of rotatable bonds is 3. The zero-order valence-corrected chi connectivity index (χ0v) is 11.5. The molecular weight excluding hydrogens is 242 g/mol. The Balaban J connectivity index is 1.62. The molecule has 0 bridgehead atoms. The van der Waals surface area contributed by atoms with Crippen LogP contribution in [0, 0.1) is 18.8 Å². The van der Waals surface area contributed by atoms with Crippen LogP contribution in [0.1, 0.15) is 43.9 Å². The van der Waals surface area contributed by atoms with Gasteiger partial charge in [0.15, 0.2) is 0 Å². The Morgan fingerprint density at radius 1 is 1.58 bits per heavy atom. The zero-order valence-electron chi connectivity index (χ0n) is 11.5. The molecular formula is C14H21N3O2. The molecule has 1 saturated carbocycles. The van der Waals surface area contributed by atoms with Crippen molar-refractivity contribution in [2.75, 3.05) is 6.54 Å². The molecule has 2 N–H and O–H groups in total. The molecule has 2 aliphatic rings.